The first-order chi connectivity index (χ1) is 6.74. The van der Waals surface area contributed by atoms with E-state index in [-0.39, 0.29) is 6.10 Å². The van der Waals surface area contributed by atoms with Gasteiger partial charge in [0.2, 0.25) is 0 Å². The summed E-state index contributed by atoms with van der Waals surface area (Å²) in [6.45, 7) is 5.32. The molecule has 0 aromatic rings. The van der Waals surface area contributed by atoms with Gasteiger partial charge in [0.25, 0.3) is 0 Å². The van der Waals surface area contributed by atoms with Crippen LogP contribution in [0.5, 0.6) is 0 Å². The smallest absolute Gasteiger partial charge is 0.0928 e. The lowest BCUT2D eigenvalue weighted by Gasteiger charge is -2.17. The number of hydrogen-bond donors (Lipinski definition) is 1. The Morgan fingerprint density at radius 3 is 2.14 bits per heavy atom. The predicted octanol–water partition coefficient (Wildman–Crippen LogP) is 0.520. The van der Waals surface area contributed by atoms with Gasteiger partial charge in [-0.05, 0) is 12.5 Å². The van der Waals surface area contributed by atoms with E-state index in [1.807, 2.05) is 0 Å². The van der Waals surface area contributed by atoms with Gasteiger partial charge >= 0.3 is 0 Å². The van der Waals surface area contributed by atoms with Crippen LogP contribution in [0.3, 0.4) is 0 Å². The lowest BCUT2D eigenvalue weighted by Crippen LogP contribution is -2.34. The molecule has 4 nitrogen and oxygen atoms in total. The van der Waals surface area contributed by atoms with Crippen LogP contribution in [0.1, 0.15) is 6.92 Å². The van der Waals surface area contributed by atoms with Gasteiger partial charge in [0.1, 0.15) is 0 Å². The van der Waals surface area contributed by atoms with Gasteiger partial charge in [-0.25, -0.2) is 0 Å². The van der Waals surface area contributed by atoms with Crippen molar-refractivity contribution in [2.24, 2.45) is 5.92 Å². The maximum absolute atomic E-state index is 5.21. The largest absolute Gasteiger partial charge is 0.384 e. The van der Waals surface area contributed by atoms with Gasteiger partial charge in [-0.15, -0.1) is 0 Å². The summed E-state index contributed by atoms with van der Waals surface area (Å²) in [6, 6.07) is 0. The molecule has 1 N–H and O–H groups in total. The molecule has 0 saturated carbocycles. The van der Waals surface area contributed by atoms with E-state index in [1.165, 1.54) is 0 Å². The highest BCUT2D eigenvalue weighted by Crippen LogP contribution is 1.93. The first-order valence-electron chi connectivity index (χ1n) is 4.96. The molecule has 0 fully saturated rings. The van der Waals surface area contributed by atoms with Gasteiger partial charge in [0, 0.05) is 34.5 Å². The lowest BCUT2D eigenvalue weighted by molar-refractivity contribution is 0.0280. The highest BCUT2D eigenvalue weighted by molar-refractivity contribution is 4.62. The zero-order chi connectivity index (χ0) is 10.8. The van der Waals surface area contributed by atoms with Crippen LogP contribution in [0, 0.1) is 5.92 Å². The number of methoxy groups -OCH3 is 3. The summed E-state index contributed by atoms with van der Waals surface area (Å²) in [5.41, 5.74) is 0. The molecule has 0 saturated heterocycles. The fourth-order valence-electron chi connectivity index (χ4n) is 1.23. The molecule has 0 radical (unpaired) electrons. The molecule has 0 heterocycles. The van der Waals surface area contributed by atoms with E-state index in [4.69, 9.17) is 14.2 Å². The molecule has 14 heavy (non-hydrogen) atoms. The number of ether oxygens (including phenoxy) is 3. The molecule has 2 unspecified atom stereocenters. The Labute approximate surface area is 86.9 Å². The van der Waals surface area contributed by atoms with Crippen molar-refractivity contribution in [1.82, 2.24) is 5.32 Å². The maximum atomic E-state index is 5.21. The summed E-state index contributed by atoms with van der Waals surface area (Å²) < 4.78 is 15.3. The van der Waals surface area contributed by atoms with Crippen molar-refractivity contribution in [3.8, 4) is 0 Å². The third-order valence-corrected chi connectivity index (χ3v) is 2.00. The van der Waals surface area contributed by atoms with Crippen molar-refractivity contribution in [2.75, 3.05) is 47.6 Å². The zero-order valence-corrected chi connectivity index (χ0v) is 9.71. The summed E-state index contributed by atoms with van der Waals surface area (Å²) in [5.74, 6) is 0.528. The molecule has 0 aliphatic rings. The van der Waals surface area contributed by atoms with Crippen molar-refractivity contribution >= 4 is 0 Å². The third kappa shape index (κ3) is 7.26. The molecule has 2 atom stereocenters. The van der Waals surface area contributed by atoms with Crippen molar-refractivity contribution in [1.29, 1.82) is 0 Å². The number of nitrogens with one attached hydrogen (secondary N) is 1. The fourth-order valence-corrected chi connectivity index (χ4v) is 1.23. The Kier molecular flexibility index (Phi) is 9.29. The standard InChI is InChI=1S/C10H23NO3/c1-9(7-12-2)5-11-6-10(14-4)8-13-3/h9-11H,5-8H2,1-4H3. The van der Waals surface area contributed by atoms with Crippen molar-refractivity contribution in [3.63, 3.8) is 0 Å². The van der Waals surface area contributed by atoms with E-state index in [2.05, 4.69) is 12.2 Å². The van der Waals surface area contributed by atoms with E-state index in [9.17, 15) is 0 Å². The van der Waals surface area contributed by atoms with E-state index in [0.717, 1.165) is 19.7 Å². The number of rotatable bonds is 9. The van der Waals surface area contributed by atoms with Crippen molar-refractivity contribution in [2.45, 2.75) is 13.0 Å². The molecule has 0 amide bonds. The SMILES string of the molecule is COCC(C)CNCC(COC)OC. The van der Waals surface area contributed by atoms with Crippen LogP contribution in [-0.2, 0) is 14.2 Å². The summed E-state index contributed by atoms with van der Waals surface area (Å²) >= 11 is 0. The van der Waals surface area contributed by atoms with Gasteiger partial charge < -0.3 is 19.5 Å². The van der Waals surface area contributed by atoms with E-state index < -0.39 is 0 Å². The van der Waals surface area contributed by atoms with Crippen molar-refractivity contribution in [3.05, 3.63) is 0 Å². The zero-order valence-electron chi connectivity index (χ0n) is 9.71. The van der Waals surface area contributed by atoms with Gasteiger partial charge in [-0.3, -0.25) is 0 Å². The molecular formula is C10H23NO3. The summed E-state index contributed by atoms with van der Waals surface area (Å²) in [6.07, 6.45) is 0.134. The van der Waals surface area contributed by atoms with Gasteiger partial charge in [0.05, 0.1) is 12.7 Å². The van der Waals surface area contributed by atoms with Crippen molar-refractivity contribution < 1.29 is 14.2 Å². The molecule has 0 bridgehead atoms. The second-order valence-electron chi connectivity index (χ2n) is 3.53. The second-order valence-corrected chi connectivity index (χ2v) is 3.53. The van der Waals surface area contributed by atoms with E-state index >= 15 is 0 Å². The molecule has 0 spiro atoms. The molecule has 4 heteroatoms. The van der Waals surface area contributed by atoms with Crippen LogP contribution in [0.4, 0.5) is 0 Å². The Morgan fingerprint density at radius 2 is 1.64 bits per heavy atom. The lowest BCUT2D eigenvalue weighted by atomic mass is 10.2. The average molecular weight is 205 g/mol. The summed E-state index contributed by atoms with van der Waals surface area (Å²) in [7, 11) is 5.10. The topological polar surface area (TPSA) is 39.7 Å². The highest BCUT2D eigenvalue weighted by Gasteiger charge is 2.07. The molecule has 0 aromatic heterocycles. The van der Waals surface area contributed by atoms with Crippen LogP contribution < -0.4 is 5.32 Å². The predicted molar refractivity (Wildman–Crippen MR) is 56.6 cm³/mol. The minimum atomic E-state index is 0.134. The second kappa shape index (κ2) is 9.40. The van der Waals surface area contributed by atoms with Crippen LogP contribution in [-0.4, -0.2) is 53.7 Å². The Hall–Kier alpha value is -0.160. The summed E-state index contributed by atoms with van der Waals surface area (Å²) in [5, 5.41) is 3.32. The van der Waals surface area contributed by atoms with E-state index in [1.54, 1.807) is 21.3 Å². The first kappa shape index (κ1) is 13.8. The average Bonchev–Trinajstić information content (AvgIpc) is 2.17. The quantitative estimate of drug-likeness (QED) is 0.596. The van der Waals surface area contributed by atoms with Gasteiger partial charge in [-0.1, -0.05) is 6.92 Å². The maximum Gasteiger partial charge on any atom is 0.0928 e. The highest BCUT2D eigenvalue weighted by atomic mass is 16.5. The summed E-state index contributed by atoms with van der Waals surface area (Å²) in [4.78, 5) is 0. The van der Waals surface area contributed by atoms with E-state index in [0.29, 0.717) is 12.5 Å². The minimum Gasteiger partial charge on any atom is -0.384 e. The molecule has 0 rings (SSSR count). The van der Waals surface area contributed by atoms with Crippen LogP contribution in [0.15, 0.2) is 0 Å². The van der Waals surface area contributed by atoms with Crippen LogP contribution in [0.25, 0.3) is 0 Å². The molecule has 0 aromatic carbocycles. The van der Waals surface area contributed by atoms with Crippen LogP contribution >= 0.6 is 0 Å². The Bertz CT molecular complexity index is 122. The fraction of sp³-hybridized carbons (Fsp3) is 1.00. The molecule has 86 valence electrons. The third-order valence-electron chi connectivity index (χ3n) is 2.00. The minimum absolute atomic E-state index is 0.134. The van der Waals surface area contributed by atoms with Crippen LogP contribution in [0.2, 0.25) is 0 Å². The Morgan fingerprint density at radius 1 is 1.00 bits per heavy atom. The van der Waals surface area contributed by atoms with Gasteiger partial charge in [0.15, 0.2) is 0 Å². The molecule has 0 aliphatic heterocycles. The monoisotopic (exact) mass is 205 g/mol. The first-order valence-corrected chi connectivity index (χ1v) is 4.96. The molecule has 0 aliphatic carbocycles. The molecular weight excluding hydrogens is 182 g/mol. The Balaban J connectivity index is 3.40. The normalized spacial score (nSPS) is 15.4. The number of hydrogen-bond acceptors (Lipinski definition) is 4. The van der Waals surface area contributed by atoms with Gasteiger partial charge in [-0.2, -0.15) is 0 Å².